The van der Waals surface area contributed by atoms with Gasteiger partial charge in [0.15, 0.2) is 17.3 Å². The van der Waals surface area contributed by atoms with Crippen LogP contribution in [0.2, 0.25) is 0 Å². The van der Waals surface area contributed by atoms with Gasteiger partial charge in [-0.05, 0) is 30.5 Å². The average molecular weight is 248 g/mol. The van der Waals surface area contributed by atoms with Crippen LogP contribution in [0.25, 0.3) is 0 Å². The Bertz CT molecular complexity index is 465. The van der Waals surface area contributed by atoms with Crippen molar-refractivity contribution in [3.8, 4) is 5.75 Å². The Labute approximate surface area is 94.2 Å². The van der Waals surface area contributed by atoms with E-state index in [1.807, 2.05) is 0 Å². The molecule has 0 N–H and O–H groups in total. The topological polar surface area (TPSA) is 26.3 Å². The predicted octanol–water partition coefficient (Wildman–Crippen LogP) is 3.24. The molecule has 1 aromatic carbocycles. The van der Waals surface area contributed by atoms with Gasteiger partial charge in [-0.3, -0.25) is 4.79 Å². The van der Waals surface area contributed by atoms with E-state index in [2.05, 4.69) is 4.74 Å². The maximum absolute atomic E-state index is 13.3. The number of rotatable bonds is 1. The van der Waals surface area contributed by atoms with E-state index < -0.39 is 17.9 Å². The second-order valence-electron chi connectivity index (χ2n) is 3.76. The van der Waals surface area contributed by atoms with E-state index in [0.29, 0.717) is 18.4 Å². The summed E-state index contributed by atoms with van der Waals surface area (Å²) >= 11 is 0. The van der Waals surface area contributed by atoms with E-state index in [-0.39, 0.29) is 17.8 Å². The Morgan fingerprint density at radius 2 is 1.88 bits per heavy atom. The highest BCUT2D eigenvalue weighted by Gasteiger charge is 2.33. The molecular formula is C11H8F4O2. The minimum Gasteiger partial charge on any atom is -0.403 e. The number of alkyl halides is 3. The number of ketones is 1. The quantitative estimate of drug-likeness (QED) is 0.713. The summed E-state index contributed by atoms with van der Waals surface area (Å²) in [6.45, 7) is 0. The van der Waals surface area contributed by atoms with Gasteiger partial charge in [0, 0.05) is 12.0 Å². The third-order valence-corrected chi connectivity index (χ3v) is 2.53. The number of hydrogen-bond acceptors (Lipinski definition) is 2. The van der Waals surface area contributed by atoms with Crippen LogP contribution in [0.1, 0.15) is 28.8 Å². The molecular weight excluding hydrogens is 240 g/mol. The fraction of sp³-hybridized carbons (Fsp3) is 0.364. The number of hydrogen-bond donors (Lipinski definition) is 0. The normalized spacial score (nSPS) is 15.6. The molecule has 1 aliphatic rings. The van der Waals surface area contributed by atoms with Gasteiger partial charge in [0.05, 0.1) is 0 Å². The first-order valence-corrected chi connectivity index (χ1v) is 4.98. The first-order valence-electron chi connectivity index (χ1n) is 4.98. The average Bonchev–Trinajstić information content (AvgIpc) is 2.18. The van der Waals surface area contributed by atoms with Gasteiger partial charge < -0.3 is 4.74 Å². The van der Waals surface area contributed by atoms with Gasteiger partial charge >= 0.3 is 6.36 Å². The van der Waals surface area contributed by atoms with Crippen molar-refractivity contribution in [1.29, 1.82) is 0 Å². The van der Waals surface area contributed by atoms with Crippen molar-refractivity contribution in [1.82, 2.24) is 0 Å². The van der Waals surface area contributed by atoms with Crippen molar-refractivity contribution in [2.24, 2.45) is 0 Å². The van der Waals surface area contributed by atoms with Crippen LogP contribution in [0.15, 0.2) is 12.1 Å². The van der Waals surface area contributed by atoms with Crippen LogP contribution in [-0.2, 0) is 6.42 Å². The maximum Gasteiger partial charge on any atom is 0.573 e. The number of benzene rings is 1. The first kappa shape index (κ1) is 11.9. The van der Waals surface area contributed by atoms with Crippen LogP contribution in [-0.4, -0.2) is 12.1 Å². The number of carbonyl (C=O) groups is 1. The fourth-order valence-corrected chi connectivity index (χ4v) is 1.84. The van der Waals surface area contributed by atoms with Crippen molar-refractivity contribution in [2.45, 2.75) is 25.6 Å². The molecule has 0 atom stereocenters. The van der Waals surface area contributed by atoms with Crippen LogP contribution >= 0.6 is 0 Å². The zero-order valence-electron chi connectivity index (χ0n) is 8.60. The van der Waals surface area contributed by atoms with Gasteiger partial charge in [-0.2, -0.15) is 0 Å². The molecule has 0 spiro atoms. The molecule has 0 saturated carbocycles. The molecule has 0 radical (unpaired) electrons. The Kier molecular flexibility index (Phi) is 2.81. The summed E-state index contributed by atoms with van der Waals surface area (Å²) in [7, 11) is 0. The van der Waals surface area contributed by atoms with Gasteiger partial charge in [0.1, 0.15) is 0 Å². The molecule has 2 nitrogen and oxygen atoms in total. The number of fused-ring (bicyclic) bond motifs is 1. The molecule has 17 heavy (non-hydrogen) atoms. The third-order valence-electron chi connectivity index (χ3n) is 2.53. The molecule has 2 rings (SSSR count). The highest BCUT2D eigenvalue weighted by atomic mass is 19.4. The van der Waals surface area contributed by atoms with E-state index >= 15 is 0 Å². The number of halogens is 4. The van der Waals surface area contributed by atoms with Crippen LogP contribution < -0.4 is 4.74 Å². The Morgan fingerprint density at radius 3 is 2.53 bits per heavy atom. The van der Waals surface area contributed by atoms with Gasteiger partial charge in [0.2, 0.25) is 0 Å². The number of ether oxygens (including phenoxy) is 1. The highest BCUT2D eigenvalue weighted by molar-refractivity contribution is 5.98. The number of aryl methyl sites for hydroxylation is 1. The van der Waals surface area contributed by atoms with E-state index in [1.165, 1.54) is 0 Å². The molecule has 0 bridgehead atoms. The molecule has 1 aliphatic carbocycles. The van der Waals surface area contributed by atoms with E-state index in [4.69, 9.17) is 0 Å². The summed E-state index contributed by atoms with van der Waals surface area (Å²) in [5, 5.41) is 0. The largest absolute Gasteiger partial charge is 0.573 e. The standard InChI is InChI=1S/C11H8F4O2/c12-8-4-6-2-1-3-9(16)7(6)5-10(8)17-11(13,14)15/h4-5H,1-3H2. The molecule has 92 valence electrons. The smallest absolute Gasteiger partial charge is 0.403 e. The predicted molar refractivity (Wildman–Crippen MR) is 50.4 cm³/mol. The van der Waals surface area contributed by atoms with Gasteiger partial charge in [-0.15, -0.1) is 13.2 Å². The fourth-order valence-electron chi connectivity index (χ4n) is 1.84. The van der Waals surface area contributed by atoms with Crippen molar-refractivity contribution >= 4 is 5.78 Å². The summed E-state index contributed by atoms with van der Waals surface area (Å²) < 4.78 is 52.7. The maximum atomic E-state index is 13.3. The van der Waals surface area contributed by atoms with Crippen LogP contribution in [0, 0.1) is 5.82 Å². The summed E-state index contributed by atoms with van der Waals surface area (Å²) in [5.74, 6) is -2.33. The lowest BCUT2D eigenvalue weighted by atomic mass is 9.90. The lowest BCUT2D eigenvalue weighted by Gasteiger charge is -2.17. The molecule has 1 aromatic rings. The van der Waals surface area contributed by atoms with Crippen molar-refractivity contribution in [2.75, 3.05) is 0 Å². The zero-order chi connectivity index (χ0) is 12.6. The van der Waals surface area contributed by atoms with Crippen molar-refractivity contribution < 1.29 is 27.1 Å². The molecule has 0 heterocycles. The van der Waals surface area contributed by atoms with Crippen LogP contribution in [0.4, 0.5) is 17.6 Å². The zero-order valence-corrected chi connectivity index (χ0v) is 8.60. The minimum absolute atomic E-state index is 0.122. The summed E-state index contributed by atoms with van der Waals surface area (Å²) in [6.07, 6.45) is -3.62. The monoisotopic (exact) mass is 248 g/mol. The van der Waals surface area contributed by atoms with Crippen LogP contribution in [0.3, 0.4) is 0 Å². The summed E-state index contributed by atoms with van der Waals surface area (Å²) in [4.78, 5) is 11.5. The van der Waals surface area contributed by atoms with Crippen molar-refractivity contribution in [3.05, 3.63) is 29.1 Å². The Hall–Kier alpha value is -1.59. The summed E-state index contributed by atoms with van der Waals surface area (Å²) in [6, 6.07) is 1.77. The molecule has 0 aliphatic heterocycles. The molecule has 0 fully saturated rings. The minimum atomic E-state index is -4.97. The molecule has 6 heteroatoms. The SMILES string of the molecule is O=C1CCCc2cc(F)c(OC(F)(F)F)cc21. The van der Waals surface area contributed by atoms with Gasteiger partial charge in [0.25, 0.3) is 0 Å². The van der Waals surface area contributed by atoms with E-state index in [1.54, 1.807) is 0 Å². The number of carbonyl (C=O) groups excluding carboxylic acids is 1. The Morgan fingerprint density at radius 1 is 1.18 bits per heavy atom. The summed E-state index contributed by atoms with van der Waals surface area (Å²) in [5.41, 5.74) is 0.560. The highest BCUT2D eigenvalue weighted by Crippen LogP contribution is 2.31. The molecule has 0 aromatic heterocycles. The number of Topliss-reactive ketones (excluding diaryl/α,β-unsaturated/α-hetero) is 1. The lowest BCUT2D eigenvalue weighted by Crippen LogP contribution is -2.19. The first-order chi connectivity index (χ1) is 7.87. The molecule has 0 unspecified atom stereocenters. The second-order valence-corrected chi connectivity index (χ2v) is 3.76. The van der Waals surface area contributed by atoms with E-state index in [9.17, 15) is 22.4 Å². The second kappa shape index (κ2) is 4.01. The third kappa shape index (κ3) is 2.57. The van der Waals surface area contributed by atoms with Gasteiger partial charge in [-0.25, -0.2) is 4.39 Å². The van der Waals surface area contributed by atoms with Gasteiger partial charge in [-0.1, -0.05) is 0 Å². The Balaban J connectivity index is 2.42. The molecule has 0 saturated heterocycles. The lowest BCUT2D eigenvalue weighted by molar-refractivity contribution is -0.275. The van der Waals surface area contributed by atoms with Crippen molar-refractivity contribution in [3.63, 3.8) is 0 Å². The van der Waals surface area contributed by atoms with Crippen LogP contribution in [0.5, 0.6) is 5.75 Å². The molecule has 0 amide bonds. The van der Waals surface area contributed by atoms with E-state index in [0.717, 1.165) is 12.1 Å².